The second-order valence-electron chi connectivity index (χ2n) is 6.82. The topological polar surface area (TPSA) is 69.0 Å². The fourth-order valence-corrected chi connectivity index (χ4v) is 3.93. The van der Waals surface area contributed by atoms with E-state index in [1.165, 1.54) is 11.8 Å². The predicted molar refractivity (Wildman–Crippen MR) is 124 cm³/mol. The van der Waals surface area contributed by atoms with Crippen LogP contribution >= 0.6 is 11.8 Å². The van der Waals surface area contributed by atoms with Crippen LogP contribution < -0.4 is 10.1 Å². The van der Waals surface area contributed by atoms with Gasteiger partial charge in [0.1, 0.15) is 5.75 Å². The maximum Gasteiger partial charge on any atom is 0.237 e. The van der Waals surface area contributed by atoms with Gasteiger partial charge in [-0.1, -0.05) is 60.3 Å². The number of methoxy groups -OCH3 is 1. The monoisotopic (exact) mass is 430 g/mol. The zero-order valence-electron chi connectivity index (χ0n) is 17.2. The Kier molecular flexibility index (Phi) is 6.33. The van der Waals surface area contributed by atoms with Gasteiger partial charge in [-0.25, -0.2) is 0 Å². The van der Waals surface area contributed by atoms with Crippen LogP contribution in [0.4, 0.5) is 5.69 Å². The van der Waals surface area contributed by atoms with Crippen molar-refractivity contribution in [3.8, 4) is 22.8 Å². The second kappa shape index (κ2) is 9.49. The van der Waals surface area contributed by atoms with E-state index in [1.54, 1.807) is 7.11 Å². The van der Waals surface area contributed by atoms with Crippen molar-refractivity contribution < 1.29 is 9.53 Å². The van der Waals surface area contributed by atoms with E-state index in [2.05, 4.69) is 15.5 Å². The lowest BCUT2D eigenvalue weighted by Gasteiger charge is -2.14. The highest BCUT2D eigenvalue weighted by Crippen LogP contribution is 2.31. The molecule has 31 heavy (non-hydrogen) atoms. The molecule has 156 valence electrons. The van der Waals surface area contributed by atoms with Crippen LogP contribution in [0, 0.1) is 0 Å². The van der Waals surface area contributed by atoms with E-state index in [0.29, 0.717) is 11.0 Å². The number of rotatable bonds is 7. The Morgan fingerprint density at radius 3 is 2.23 bits per heavy atom. The van der Waals surface area contributed by atoms with Gasteiger partial charge in [0.05, 0.1) is 12.4 Å². The number of hydrogen-bond acceptors (Lipinski definition) is 5. The number of amides is 1. The van der Waals surface area contributed by atoms with Gasteiger partial charge in [0.2, 0.25) is 5.91 Å². The highest BCUT2D eigenvalue weighted by molar-refractivity contribution is 8.00. The molecule has 4 rings (SSSR count). The summed E-state index contributed by atoms with van der Waals surface area (Å²) < 4.78 is 7.25. The Morgan fingerprint density at radius 2 is 1.58 bits per heavy atom. The summed E-state index contributed by atoms with van der Waals surface area (Å²) in [6.07, 6.45) is 0. The average Bonchev–Trinajstić information content (AvgIpc) is 3.23. The summed E-state index contributed by atoms with van der Waals surface area (Å²) in [6, 6.07) is 27.0. The SMILES string of the molecule is COc1ccc(-n2c(SC(C)C(=O)Nc3ccccc3)nnc2-c2ccccc2)cc1. The van der Waals surface area contributed by atoms with Crippen molar-refractivity contribution in [2.75, 3.05) is 12.4 Å². The number of nitrogens with one attached hydrogen (secondary N) is 1. The van der Waals surface area contributed by atoms with Crippen LogP contribution in [0.5, 0.6) is 5.75 Å². The minimum Gasteiger partial charge on any atom is -0.497 e. The van der Waals surface area contributed by atoms with Crippen LogP contribution in [-0.4, -0.2) is 33.0 Å². The van der Waals surface area contributed by atoms with Crippen molar-refractivity contribution in [3.63, 3.8) is 0 Å². The van der Waals surface area contributed by atoms with E-state index in [9.17, 15) is 4.79 Å². The largest absolute Gasteiger partial charge is 0.497 e. The molecule has 0 bridgehead atoms. The molecule has 0 spiro atoms. The molecule has 1 aromatic heterocycles. The maximum atomic E-state index is 12.7. The van der Waals surface area contributed by atoms with Crippen molar-refractivity contribution in [1.29, 1.82) is 0 Å². The minimum atomic E-state index is -0.370. The molecule has 1 unspecified atom stereocenters. The van der Waals surface area contributed by atoms with Gasteiger partial charge >= 0.3 is 0 Å². The molecular weight excluding hydrogens is 408 g/mol. The number of anilines is 1. The molecule has 6 nitrogen and oxygen atoms in total. The van der Waals surface area contributed by atoms with Crippen molar-refractivity contribution in [2.24, 2.45) is 0 Å². The van der Waals surface area contributed by atoms with Crippen LogP contribution in [0.25, 0.3) is 17.1 Å². The first-order valence-electron chi connectivity index (χ1n) is 9.83. The number of carbonyl (C=O) groups excluding carboxylic acids is 1. The summed E-state index contributed by atoms with van der Waals surface area (Å²) in [6.45, 7) is 1.86. The molecule has 7 heteroatoms. The maximum absolute atomic E-state index is 12.7. The van der Waals surface area contributed by atoms with Gasteiger partial charge in [0, 0.05) is 16.9 Å². The first kappa shape index (κ1) is 20.7. The lowest BCUT2D eigenvalue weighted by molar-refractivity contribution is -0.115. The molecule has 0 saturated heterocycles. The Labute approximate surface area is 185 Å². The first-order valence-corrected chi connectivity index (χ1v) is 10.7. The van der Waals surface area contributed by atoms with Crippen LogP contribution in [0.15, 0.2) is 90.1 Å². The number of hydrogen-bond donors (Lipinski definition) is 1. The summed E-state index contributed by atoms with van der Waals surface area (Å²) in [5.41, 5.74) is 2.60. The normalized spacial score (nSPS) is 11.7. The molecule has 3 aromatic carbocycles. The molecule has 0 saturated carbocycles. The van der Waals surface area contributed by atoms with Gasteiger partial charge in [-0.15, -0.1) is 10.2 Å². The van der Waals surface area contributed by atoms with Crippen LogP contribution in [0.3, 0.4) is 0 Å². The molecule has 1 atom stereocenters. The molecule has 0 aliphatic rings. The number of para-hydroxylation sites is 1. The number of ether oxygens (including phenoxy) is 1. The standard InChI is InChI=1S/C24H22N4O2S/c1-17(23(29)25-19-11-7-4-8-12-19)31-24-27-26-22(18-9-5-3-6-10-18)28(24)20-13-15-21(30-2)16-14-20/h3-17H,1-2H3,(H,25,29). The second-order valence-corrected chi connectivity index (χ2v) is 8.13. The Balaban J connectivity index is 1.65. The first-order chi connectivity index (χ1) is 15.2. The van der Waals surface area contributed by atoms with Gasteiger partial charge < -0.3 is 10.1 Å². The van der Waals surface area contributed by atoms with Gasteiger partial charge in [0.15, 0.2) is 11.0 Å². The molecule has 1 heterocycles. The van der Waals surface area contributed by atoms with E-state index in [0.717, 1.165) is 22.7 Å². The lowest BCUT2D eigenvalue weighted by atomic mass is 10.2. The highest BCUT2D eigenvalue weighted by atomic mass is 32.2. The molecule has 0 radical (unpaired) electrons. The van der Waals surface area contributed by atoms with E-state index in [1.807, 2.05) is 96.4 Å². The molecule has 4 aromatic rings. The zero-order valence-corrected chi connectivity index (χ0v) is 18.0. The summed E-state index contributed by atoms with van der Waals surface area (Å²) in [5, 5.41) is 12.0. The molecule has 1 amide bonds. The number of aromatic nitrogens is 3. The van der Waals surface area contributed by atoms with Crippen LogP contribution in [-0.2, 0) is 4.79 Å². The minimum absolute atomic E-state index is 0.0956. The Morgan fingerprint density at radius 1 is 0.935 bits per heavy atom. The number of benzene rings is 3. The summed E-state index contributed by atoms with van der Waals surface area (Å²) in [4.78, 5) is 12.7. The quantitative estimate of drug-likeness (QED) is 0.415. The molecule has 0 aliphatic carbocycles. The summed E-state index contributed by atoms with van der Waals surface area (Å²) >= 11 is 1.36. The van der Waals surface area contributed by atoms with Gasteiger partial charge in [-0.3, -0.25) is 9.36 Å². The Bertz CT molecular complexity index is 1150. The number of carbonyl (C=O) groups is 1. The Hall–Kier alpha value is -3.58. The van der Waals surface area contributed by atoms with Crippen LogP contribution in [0.1, 0.15) is 6.92 Å². The average molecular weight is 431 g/mol. The third kappa shape index (κ3) is 4.78. The third-order valence-electron chi connectivity index (χ3n) is 4.69. The fraction of sp³-hybridized carbons (Fsp3) is 0.125. The van der Waals surface area contributed by atoms with E-state index >= 15 is 0 Å². The van der Waals surface area contributed by atoms with Crippen molar-refractivity contribution in [1.82, 2.24) is 14.8 Å². The van der Waals surface area contributed by atoms with E-state index < -0.39 is 0 Å². The zero-order chi connectivity index (χ0) is 21.6. The van der Waals surface area contributed by atoms with Crippen molar-refractivity contribution in [3.05, 3.63) is 84.9 Å². The molecule has 1 N–H and O–H groups in total. The summed E-state index contributed by atoms with van der Waals surface area (Å²) in [5.74, 6) is 1.38. The van der Waals surface area contributed by atoms with Crippen molar-refractivity contribution in [2.45, 2.75) is 17.3 Å². The summed E-state index contributed by atoms with van der Waals surface area (Å²) in [7, 11) is 1.64. The molecule has 0 fully saturated rings. The highest BCUT2D eigenvalue weighted by Gasteiger charge is 2.22. The molecular formula is C24H22N4O2S. The van der Waals surface area contributed by atoms with Gasteiger partial charge in [0.25, 0.3) is 0 Å². The number of nitrogens with zero attached hydrogens (tertiary/aromatic N) is 3. The van der Waals surface area contributed by atoms with E-state index in [4.69, 9.17) is 4.74 Å². The van der Waals surface area contributed by atoms with Crippen molar-refractivity contribution >= 4 is 23.4 Å². The van der Waals surface area contributed by atoms with E-state index in [-0.39, 0.29) is 11.2 Å². The molecule has 0 aliphatic heterocycles. The van der Waals surface area contributed by atoms with Gasteiger partial charge in [-0.2, -0.15) is 0 Å². The lowest BCUT2D eigenvalue weighted by Crippen LogP contribution is -2.22. The smallest absolute Gasteiger partial charge is 0.237 e. The number of thioether (sulfide) groups is 1. The third-order valence-corrected chi connectivity index (χ3v) is 5.73. The van der Waals surface area contributed by atoms with Gasteiger partial charge in [-0.05, 0) is 43.3 Å². The van der Waals surface area contributed by atoms with Crippen LogP contribution in [0.2, 0.25) is 0 Å². The fourth-order valence-electron chi connectivity index (χ4n) is 3.06. The predicted octanol–water partition coefficient (Wildman–Crippen LogP) is 5.06.